The van der Waals surface area contributed by atoms with E-state index in [4.69, 9.17) is 0 Å². The fourth-order valence-electron chi connectivity index (χ4n) is 3.52. The zero-order valence-corrected chi connectivity index (χ0v) is 13.9. The second kappa shape index (κ2) is 5.54. The number of aromatic nitrogens is 3. The van der Waals surface area contributed by atoms with E-state index in [0.717, 1.165) is 17.5 Å². The number of amides is 1. The Balaban J connectivity index is 1.73. The number of hydrogen-bond donors (Lipinski definition) is 2. The minimum atomic E-state index is -0.354. The van der Waals surface area contributed by atoms with E-state index in [0.29, 0.717) is 17.8 Å². The zero-order valence-electron chi connectivity index (χ0n) is 13.9. The van der Waals surface area contributed by atoms with E-state index in [1.165, 1.54) is 16.8 Å². The maximum absolute atomic E-state index is 13.5. The first-order valence-electron chi connectivity index (χ1n) is 8.09. The molecule has 1 unspecified atom stereocenters. The number of benzene rings is 1. The second-order valence-electron chi connectivity index (χ2n) is 6.42. The topological polar surface area (TPSA) is 79.8 Å². The van der Waals surface area contributed by atoms with Crippen LogP contribution in [0.5, 0.6) is 0 Å². The van der Waals surface area contributed by atoms with Crippen molar-refractivity contribution in [3.8, 4) is 0 Å². The number of carbonyl (C=O) groups excluding carboxylic acids is 1. The summed E-state index contributed by atoms with van der Waals surface area (Å²) < 4.78 is 15.0. The fraction of sp³-hybridized carbons (Fsp3) is 0.278. The number of H-pyrrole nitrogens is 1. The Morgan fingerprint density at radius 3 is 3.00 bits per heavy atom. The molecule has 1 aliphatic rings. The quantitative estimate of drug-likeness (QED) is 0.750. The van der Waals surface area contributed by atoms with Crippen molar-refractivity contribution in [3.63, 3.8) is 0 Å². The SMILES string of the molecule is Cc1cc(C(=O)NC2CCc3ccc(F)cc32)c2c(=O)[nH]n(C)c2n1. The van der Waals surface area contributed by atoms with Crippen molar-refractivity contribution < 1.29 is 9.18 Å². The van der Waals surface area contributed by atoms with Gasteiger partial charge in [0.25, 0.3) is 11.5 Å². The molecule has 1 aromatic carbocycles. The van der Waals surface area contributed by atoms with Crippen molar-refractivity contribution in [3.05, 3.63) is 62.8 Å². The standard InChI is InChI=1S/C18H17FN4O2/c1-9-7-13(15-16(20-9)23(2)22-18(15)25)17(24)21-14-6-4-10-3-5-11(19)8-12(10)14/h3,5,7-8,14H,4,6H2,1-2H3,(H,21,24)(H,22,25). The monoisotopic (exact) mass is 340 g/mol. The normalized spacial score (nSPS) is 16.2. The maximum Gasteiger partial charge on any atom is 0.274 e. The number of hydrogen-bond acceptors (Lipinski definition) is 3. The molecule has 0 spiro atoms. The molecule has 0 bridgehead atoms. The fourth-order valence-corrected chi connectivity index (χ4v) is 3.52. The lowest BCUT2D eigenvalue weighted by Gasteiger charge is -2.15. The van der Waals surface area contributed by atoms with Gasteiger partial charge in [0.2, 0.25) is 0 Å². The number of nitrogens with one attached hydrogen (secondary N) is 2. The van der Waals surface area contributed by atoms with Crippen LogP contribution in [0.2, 0.25) is 0 Å². The number of nitrogens with zero attached hydrogens (tertiary/aromatic N) is 2. The summed E-state index contributed by atoms with van der Waals surface area (Å²) in [6.45, 7) is 1.77. The van der Waals surface area contributed by atoms with Crippen molar-refractivity contribution >= 4 is 16.9 Å². The highest BCUT2D eigenvalue weighted by atomic mass is 19.1. The van der Waals surface area contributed by atoms with Gasteiger partial charge in [-0.1, -0.05) is 6.07 Å². The minimum absolute atomic E-state index is 0.260. The third-order valence-corrected chi connectivity index (χ3v) is 4.68. The molecule has 7 heteroatoms. The van der Waals surface area contributed by atoms with Gasteiger partial charge in [-0.25, -0.2) is 9.37 Å². The lowest BCUT2D eigenvalue weighted by Crippen LogP contribution is -2.28. The van der Waals surface area contributed by atoms with E-state index in [1.807, 2.05) is 0 Å². The number of carbonyl (C=O) groups is 1. The van der Waals surface area contributed by atoms with Crippen molar-refractivity contribution in [1.29, 1.82) is 0 Å². The number of halogens is 1. The summed E-state index contributed by atoms with van der Waals surface area (Å²) in [5.41, 5.74) is 2.86. The molecule has 0 radical (unpaired) electrons. The molecule has 25 heavy (non-hydrogen) atoms. The molecule has 3 aromatic rings. The molecule has 1 atom stereocenters. The van der Waals surface area contributed by atoms with Crippen molar-refractivity contribution in [2.24, 2.45) is 7.05 Å². The largest absolute Gasteiger partial charge is 0.345 e. The first kappa shape index (κ1) is 15.6. The highest BCUT2D eigenvalue weighted by Gasteiger charge is 2.26. The number of aromatic amines is 1. The molecule has 1 amide bonds. The Bertz CT molecular complexity index is 1070. The van der Waals surface area contributed by atoms with Crippen LogP contribution in [0, 0.1) is 12.7 Å². The third-order valence-electron chi connectivity index (χ3n) is 4.68. The van der Waals surface area contributed by atoms with Gasteiger partial charge in [0.05, 0.1) is 17.0 Å². The van der Waals surface area contributed by atoms with Crippen LogP contribution in [0.1, 0.15) is 39.6 Å². The van der Waals surface area contributed by atoms with Gasteiger partial charge in [-0.2, -0.15) is 0 Å². The summed E-state index contributed by atoms with van der Waals surface area (Å²) in [4.78, 5) is 29.3. The number of fused-ring (bicyclic) bond motifs is 2. The van der Waals surface area contributed by atoms with Gasteiger partial charge in [-0.15, -0.1) is 0 Å². The van der Waals surface area contributed by atoms with Crippen molar-refractivity contribution in [1.82, 2.24) is 20.1 Å². The molecule has 128 valence electrons. The Morgan fingerprint density at radius 1 is 1.40 bits per heavy atom. The summed E-state index contributed by atoms with van der Waals surface area (Å²) in [6, 6.07) is 6.00. The number of rotatable bonds is 2. The van der Waals surface area contributed by atoms with Crippen LogP contribution in [0.3, 0.4) is 0 Å². The highest BCUT2D eigenvalue weighted by molar-refractivity contribution is 6.05. The molecule has 1 aliphatic carbocycles. The van der Waals surface area contributed by atoms with Crippen LogP contribution in [-0.2, 0) is 13.5 Å². The summed E-state index contributed by atoms with van der Waals surface area (Å²) in [6.07, 6.45) is 1.50. The van der Waals surface area contributed by atoms with Crippen molar-refractivity contribution in [2.45, 2.75) is 25.8 Å². The van der Waals surface area contributed by atoms with E-state index in [2.05, 4.69) is 15.4 Å². The lowest BCUT2D eigenvalue weighted by molar-refractivity contribution is 0.0938. The maximum atomic E-state index is 13.5. The van der Waals surface area contributed by atoms with Crippen molar-refractivity contribution in [2.75, 3.05) is 0 Å². The number of pyridine rings is 1. The second-order valence-corrected chi connectivity index (χ2v) is 6.42. The Hall–Kier alpha value is -2.96. The average Bonchev–Trinajstić information content (AvgIpc) is 3.08. The zero-order chi connectivity index (χ0) is 17.7. The van der Waals surface area contributed by atoms with Crippen LogP contribution in [0.4, 0.5) is 4.39 Å². The molecule has 4 rings (SSSR count). The molecule has 0 saturated carbocycles. The summed E-state index contributed by atoms with van der Waals surface area (Å²) >= 11 is 0. The average molecular weight is 340 g/mol. The van der Waals surface area contributed by atoms with Crippen LogP contribution in [-0.4, -0.2) is 20.7 Å². The molecule has 6 nitrogen and oxygen atoms in total. The van der Waals surface area contributed by atoms with Crippen LogP contribution >= 0.6 is 0 Å². The molecular formula is C18H17FN4O2. The molecule has 0 aliphatic heterocycles. The highest BCUT2D eigenvalue weighted by Crippen LogP contribution is 2.32. The van der Waals surface area contributed by atoms with Crippen LogP contribution in [0.25, 0.3) is 11.0 Å². The molecule has 2 N–H and O–H groups in total. The van der Waals surface area contributed by atoms with Gasteiger partial charge in [0.1, 0.15) is 5.82 Å². The summed E-state index contributed by atoms with van der Waals surface area (Å²) in [5.74, 6) is -0.671. The van der Waals surface area contributed by atoms with E-state index in [-0.39, 0.29) is 34.3 Å². The first-order valence-corrected chi connectivity index (χ1v) is 8.09. The minimum Gasteiger partial charge on any atom is -0.345 e. The van der Waals surface area contributed by atoms with Gasteiger partial charge in [-0.05, 0) is 49.1 Å². The van der Waals surface area contributed by atoms with Gasteiger partial charge in [0, 0.05) is 12.7 Å². The number of aryl methyl sites for hydroxylation is 3. The van der Waals surface area contributed by atoms with E-state index in [1.54, 1.807) is 26.1 Å². The van der Waals surface area contributed by atoms with Crippen LogP contribution in [0.15, 0.2) is 29.1 Å². The first-order chi connectivity index (χ1) is 11.9. The van der Waals surface area contributed by atoms with Gasteiger partial charge < -0.3 is 5.32 Å². The molecule has 0 fully saturated rings. The molecular weight excluding hydrogens is 323 g/mol. The summed E-state index contributed by atoms with van der Waals surface area (Å²) in [5, 5.41) is 5.83. The third kappa shape index (κ3) is 2.52. The Kier molecular flexibility index (Phi) is 3.45. The molecule has 2 heterocycles. The Labute approximate surface area is 142 Å². The predicted octanol–water partition coefficient (Wildman–Crippen LogP) is 2.13. The molecule has 0 saturated heterocycles. The van der Waals surface area contributed by atoms with Crippen LogP contribution < -0.4 is 10.9 Å². The Morgan fingerprint density at radius 2 is 2.20 bits per heavy atom. The van der Waals surface area contributed by atoms with E-state index < -0.39 is 0 Å². The predicted molar refractivity (Wildman–Crippen MR) is 91.0 cm³/mol. The van der Waals surface area contributed by atoms with Gasteiger partial charge in [0.15, 0.2) is 5.65 Å². The lowest BCUT2D eigenvalue weighted by atomic mass is 10.1. The van der Waals surface area contributed by atoms with Gasteiger partial charge >= 0.3 is 0 Å². The van der Waals surface area contributed by atoms with Gasteiger partial charge in [-0.3, -0.25) is 19.4 Å². The summed E-state index contributed by atoms with van der Waals surface area (Å²) in [7, 11) is 1.67. The molecule has 2 aromatic heterocycles. The smallest absolute Gasteiger partial charge is 0.274 e. The van der Waals surface area contributed by atoms with E-state index >= 15 is 0 Å². The van der Waals surface area contributed by atoms with E-state index in [9.17, 15) is 14.0 Å².